The number of hydrogen-bond acceptors (Lipinski definition) is 4. The first-order valence-corrected chi connectivity index (χ1v) is 12.3. The van der Waals surface area contributed by atoms with Gasteiger partial charge in [-0.1, -0.05) is 12.1 Å². The zero-order valence-electron chi connectivity index (χ0n) is 19.7. The van der Waals surface area contributed by atoms with Crippen molar-refractivity contribution in [1.29, 1.82) is 0 Å². The molecule has 1 amide bonds. The molecule has 0 saturated heterocycles. The molecule has 2 aliphatic rings. The normalized spacial score (nSPS) is 19.4. The molecule has 5 aromatic rings. The van der Waals surface area contributed by atoms with Crippen LogP contribution >= 0.6 is 0 Å². The number of rotatable bonds is 4. The van der Waals surface area contributed by atoms with E-state index in [0.29, 0.717) is 17.4 Å². The second-order valence-corrected chi connectivity index (χ2v) is 10.0. The van der Waals surface area contributed by atoms with Crippen molar-refractivity contribution < 1.29 is 4.79 Å². The molecule has 3 heterocycles. The largest absolute Gasteiger partial charge is 0.344 e. The molecule has 7 nitrogen and oxygen atoms in total. The zero-order chi connectivity index (χ0) is 23.7. The maximum Gasteiger partial charge on any atom is 0.251 e. The Hall–Kier alpha value is -4.00. The van der Waals surface area contributed by atoms with Crippen molar-refractivity contribution in [2.75, 3.05) is 0 Å². The summed E-state index contributed by atoms with van der Waals surface area (Å²) in [6, 6.07) is 11.8. The molecule has 3 unspecified atom stereocenters. The molecule has 0 radical (unpaired) electrons. The average Bonchev–Trinajstić information content (AvgIpc) is 3.67. The number of benzene rings is 2. The number of aromatic amines is 2. The number of pyridine rings is 1. The molecule has 3 N–H and O–H groups in total. The van der Waals surface area contributed by atoms with Crippen LogP contribution in [0.2, 0.25) is 0 Å². The molecule has 7 rings (SSSR count). The number of imidazole rings is 1. The third kappa shape index (κ3) is 3.11. The molecule has 7 heteroatoms. The summed E-state index contributed by atoms with van der Waals surface area (Å²) in [6.07, 6.45) is 7.39. The molecule has 0 aliphatic heterocycles. The number of H-pyrrole nitrogens is 2. The van der Waals surface area contributed by atoms with Crippen LogP contribution in [0.25, 0.3) is 33.1 Å². The molecule has 2 aliphatic carbocycles. The highest BCUT2D eigenvalue weighted by atomic mass is 16.1. The number of hydrogen-bond donors (Lipinski definition) is 3. The summed E-state index contributed by atoms with van der Waals surface area (Å²) in [7, 11) is 0. The topological polar surface area (TPSA) is 99.3 Å². The number of amides is 1. The van der Waals surface area contributed by atoms with E-state index < -0.39 is 0 Å². The number of aromatic nitrogens is 5. The fourth-order valence-corrected chi connectivity index (χ4v) is 6.17. The van der Waals surface area contributed by atoms with E-state index in [4.69, 9.17) is 4.98 Å². The van der Waals surface area contributed by atoms with Crippen LogP contribution in [0.4, 0.5) is 0 Å². The fourth-order valence-electron chi connectivity index (χ4n) is 6.17. The lowest BCUT2D eigenvalue weighted by atomic mass is 9.85. The third-order valence-corrected chi connectivity index (χ3v) is 7.80. The van der Waals surface area contributed by atoms with Gasteiger partial charge in [0.05, 0.1) is 29.0 Å². The molecular weight excluding hydrogens is 436 g/mol. The highest BCUT2D eigenvalue weighted by Gasteiger charge is 2.41. The minimum atomic E-state index is -0.198. The summed E-state index contributed by atoms with van der Waals surface area (Å²) in [4.78, 5) is 25.6. The lowest BCUT2D eigenvalue weighted by Crippen LogP contribution is -2.27. The van der Waals surface area contributed by atoms with Crippen LogP contribution < -0.4 is 5.32 Å². The number of nitrogens with one attached hydrogen (secondary N) is 3. The summed E-state index contributed by atoms with van der Waals surface area (Å²) < 4.78 is 0. The number of aryl methyl sites for hydroxylation is 1. The summed E-state index contributed by atoms with van der Waals surface area (Å²) in [5.74, 6) is 1.79. The van der Waals surface area contributed by atoms with Gasteiger partial charge in [-0.15, -0.1) is 0 Å². The molecular formula is C28H26N6O. The van der Waals surface area contributed by atoms with Gasteiger partial charge >= 0.3 is 0 Å². The minimum Gasteiger partial charge on any atom is -0.344 e. The molecule has 35 heavy (non-hydrogen) atoms. The van der Waals surface area contributed by atoms with Crippen LogP contribution in [-0.2, 0) is 0 Å². The van der Waals surface area contributed by atoms with Crippen LogP contribution in [0.1, 0.15) is 77.1 Å². The van der Waals surface area contributed by atoms with Crippen molar-refractivity contribution in [3.63, 3.8) is 0 Å². The predicted octanol–water partition coefficient (Wildman–Crippen LogP) is 5.67. The second kappa shape index (κ2) is 7.50. The van der Waals surface area contributed by atoms with E-state index in [0.717, 1.165) is 33.8 Å². The number of carbonyl (C=O) groups excluding carboxylic acids is 1. The van der Waals surface area contributed by atoms with Gasteiger partial charge in [0.1, 0.15) is 5.82 Å². The standard InChI is InChI=1S/C28H26N6O/c1-14-12-29-27(31-14)15(2)32-28(35)17-5-3-16(4-6-17)26-24-19-8-7-18(11-19)23(24)25-20-13-30-34-21(20)9-10-22(25)33-26/h3-6,9-10,12-13,15,18-19H,7-8,11H2,1-2H3,(H,29,31)(H,30,34)(H,32,35). The van der Waals surface area contributed by atoms with E-state index in [1.54, 1.807) is 6.20 Å². The average molecular weight is 463 g/mol. The second-order valence-electron chi connectivity index (χ2n) is 10.0. The van der Waals surface area contributed by atoms with Crippen LogP contribution in [0, 0.1) is 6.92 Å². The predicted molar refractivity (Wildman–Crippen MR) is 135 cm³/mol. The van der Waals surface area contributed by atoms with Crippen LogP contribution in [0.3, 0.4) is 0 Å². The van der Waals surface area contributed by atoms with E-state index in [2.05, 4.69) is 37.6 Å². The number of nitrogens with zero attached hydrogens (tertiary/aromatic N) is 3. The van der Waals surface area contributed by atoms with Crippen LogP contribution in [0.5, 0.6) is 0 Å². The maximum absolute atomic E-state index is 12.9. The first kappa shape index (κ1) is 20.4. The van der Waals surface area contributed by atoms with Gasteiger partial charge in [-0.05, 0) is 80.3 Å². The van der Waals surface area contributed by atoms with Gasteiger partial charge in [0.15, 0.2) is 0 Å². The van der Waals surface area contributed by atoms with Crippen LogP contribution in [0.15, 0.2) is 48.8 Å². The van der Waals surface area contributed by atoms with E-state index in [9.17, 15) is 4.79 Å². The summed E-state index contributed by atoms with van der Waals surface area (Å²) in [5.41, 5.74) is 8.68. The number of fused-ring (bicyclic) bond motifs is 9. The zero-order valence-corrected chi connectivity index (χ0v) is 19.7. The molecule has 3 aromatic heterocycles. The molecule has 1 fully saturated rings. The fraction of sp³-hybridized carbons (Fsp3) is 0.286. The first-order valence-electron chi connectivity index (χ1n) is 12.3. The van der Waals surface area contributed by atoms with E-state index in [1.807, 2.05) is 44.3 Å². The number of carbonyl (C=O) groups is 1. The Morgan fingerprint density at radius 2 is 1.86 bits per heavy atom. The van der Waals surface area contributed by atoms with Gasteiger partial charge in [0, 0.05) is 33.8 Å². The van der Waals surface area contributed by atoms with Crippen molar-refractivity contribution in [2.24, 2.45) is 0 Å². The smallest absolute Gasteiger partial charge is 0.251 e. The Bertz CT molecular complexity index is 1610. The molecule has 2 bridgehead atoms. The monoisotopic (exact) mass is 462 g/mol. The molecule has 3 atom stereocenters. The SMILES string of the molecule is Cc1cnc(C(C)NC(=O)c2ccc(-c3nc4ccc5[nH]ncc5c4c4c3C3CCC4C3)cc2)[nH]1. The van der Waals surface area contributed by atoms with E-state index in [1.165, 1.54) is 41.2 Å². The minimum absolute atomic E-state index is 0.115. The Morgan fingerprint density at radius 1 is 1.06 bits per heavy atom. The van der Waals surface area contributed by atoms with Gasteiger partial charge < -0.3 is 10.3 Å². The lowest BCUT2D eigenvalue weighted by molar-refractivity contribution is 0.0938. The highest BCUT2D eigenvalue weighted by molar-refractivity contribution is 6.08. The van der Waals surface area contributed by atoms with E-state index >= 15 is 0 Å². The lowest BCUT2D eigenvalue weighted by Gasteiger charge is -2.21. The summed E-state index contributed by atoms with van der Waals surface area (Å²) in [5, 5.41) is 12.9. The summed E-state index contributed by atoms with van der Waals surface area (Å²) >= 11 is 0. The van der Waals surface area contributed by atoms with Crippen molar-refractivity contribution in [3.05, 3.63) is 77.0 Å². The Morgan fingerprint density at radius 3 is 2.63 bits per heavy atom. The summed E-state index contributed by atoms with van der Waals surface area (Å²) in [6.45, 7) is 3.88. The molecule has 1 saturated carbocycles. The third-order valence-electron chi connectivity index (χ3n) is 7.80. The quantitative estimate of drug-likeness (QED) is 0.321. The van der Waals surface area contributed by atoms with Crippen molar-refractivity contribution >= 4 is 27.7 Å². The van der Waals surface area contributed by atoms with Crippen LogP contribution in [-0.4, -0.2) is 31.1 Å². The van der Waals surface area contributed by atoms with Gasteiger partial charge in [0.25, 0.3) is 5.91 Å². The van der Waals surface area contributed by atoms with Gasteiger partial charge in [-0.2, -0.15) is 5.10 Å². The Kier molecular flexibility index (Phi) is 4.37. The van der Waals surface area contributed by atoms with Gasteiger partial charge in [0.2, 0.25) is 0 Å². The van der Waals surface area contributed by atoms with Gasteiger partial charge in [-0.3, -0.25) is 9.89 Å². The Balaban J connectivity index is 1.27. The van der Waals surface area contributed by atoms with Crippen molar-refractivity contribution in [1.82, 2.24) is 30.5 Å². The highest BCUT2D eigenvalue weighted by Crippen LogP contribution is 2.57. The molecule has 2 aromatic carbocycles. The first-order chi connectivity index (χ1) is 17.1. The van der Waals surface area contributed by atoms with Gasteiger partial charge in [-0.25, -0.2) is 9.97 Å². The maximum atomic E-state index is 12.9. The molecule has 0 spiro atoms. The molecule has 174 valence electrons. The van der Waals surface area contributed by atoms with E-state index in [-0.39, 0.29) is 11.9 Å². The Labute approximate surface area is 202 Å². The van der Waals surface area contributed by atoms with Crippen molar-refractivity contribution in [2.45, 2.75) is 51.0 Å². The van der Waals surface area contributed by atoms with Crippen molar-refractivity contribution in [3.8, 4) is 11.3 Å².